The maximum Gasteiger partial charge on any atom is 0.251 e. The van der Waals surface area contributed by atoms with Crippen LogP contribution in [0.4, 0.5) is 0 Å². The molecule has 112 valence electrons. The van der Waals surface area contributed by atoms with Crippen molar-refractivity contribution in [2.24, 2.45) is 5.41 Å². The fourth-order valence-electron chi connectivity index (χ4n) is 1.74. The Bertz CT molecular complexity index is 412. The number of benzene rings is 1. The molecule has 0 saturated carbocycles. The number of hydrogen-bond donors (Lipinski definition) is 2. The van der Waals surface area contributed by atoms with Crippen LogP contribution >= 0.6 is 0 Å². The monoisotopic (exact) mass is 279 g/mol. The normalized spacial score (nSPS) is 11.2. The molecule has 0 aliphatic carbocycles. The van der Waals surface area contributed by atoms with Crippen LogP contribution in [0.25, 0.3) is 0 Å². The van der Waals surface area contributed by atoms with Gasteiger partial charge in [-0.3, -0.25) is 4.79 Å². The van der Waals surface area contributed by atoms with E-state index >= 15 is 0 Å². The van der Waals surface area contributed by atoms with E-state index in [1.54, 1.807) is 12.1 Å². The van der Waals surface area contributed by atoms with Crippen LogP contribution in [0.1, 0.15) is 44.0 Å². The van der Waals surface area contributed by atoms with Gasteiger partial charge >= 0.3 is 0 Å². The molecule has 1 aromatic carbocycles. The van der Waals surface area contributed by atoms with Crippen molar-refractivity contribution in [3.63, 3.8) is 0 Å². The van der Waals surface area contributed by atoms with Gasteiger partial charge in [-0.1, -0.05) is 20.8 Å². The lowest BCUT2D eigenvalue weighted by Crippen LogP contribution is -2.34. The van der Waals surface area contributed by atoms with Crippen molar-refractivity contribution in [2.45, 2.75) is 33.6 Å². The topological polar surface area (TPSA) is 58.6 Å². The first-order valence-electron chi connectivity index (χ1n) is 7.10. The molecule has 0 atom stereocenters. The third kappa shape index (κ3) is 5.61. The van der Waals surface area contributed by atoms with Crippen LogP contribution in [0.3, 0.4) is 0 Å². The second-order valence-electron chi connectivity index (χ2n) is 5.69. The van der Waals surface area contributed by atoms with Gasteiger partial charge in [-0.25, -0.2) is 0 Å². The van der Waals surface area contributed by atoms with Crippen LogP contribution < -0.4 is 10.1 Å². The van der Waals surface area contributed by atoms with Gasteiger partial charge in [-0.15, -0.1) is 0 Å². The minimum absolute atomic E-state index is 0.0990. The van der Waals surface area contributed by atoms with E-state index in [0.717, 1.165) is 12.2 Å². The molecule has 1 rings (SSSR count). The van der Waals surface area contributed by atoms with E-state index in [4.69, 9.17) is 9.84 Å². The Hall–Kier alpha value is -1.55. The average Bonchev–Trinajstić information content (AvgIpc) is 2.43. The summed E-state index contributed by atoms with van der Waals surface area (Å²) in [6, 6.07) is 7.14. The molecule has 0 radical (unpaired) electrons. The molecule has 4 nitrogen and oxygen atoms in total. The largest absolute Gasteiger partial charge is 0.494 e. The first-order chi connectivity index (χ1) is 9.48. The van der Waals surface area contributed by atoms with E-state index in [-0.39, 0.29) is 17.9 Å². The summed E-state index contributed by atoms with van der Waals surface area (Å²) < 4.78 is 5.48. The molecule has 1 aromatic rings. The smallest absolute Gasteiger partial charge is 0.251 e. The van der Waals surface area contributed by atoms with Crippen molar-refractivity contribution >= 4 is 5.91 Å². The SMILES string of the molecule is CCCOc1ccc(C(=O)NCC(C)(C)CCO)cc1. The second kappa shape index (κ2) is 7.90. The van der Waals surface area contributed by atoms with E-state index in [2.05, 4.69) is 12.2 Å². The van der Waals surface area contributed by atoms with Crippen LogP contribution in [0.15, 0.2) is 24.3 Å². The second-order valence-corrected chi connectivity index (χ2v) is 5.69. The number of aliphatic hydroxyl groups is 1. The van der Waals surface area contributed by atoms with Gasteiger partial charge in [0.2, 0.25) is 0 Å². The molecule has 0 fully saturated rings. The molecule has 0 unspecified atom stereocenters. The molecule has 0 heterocycles. The van der Waals surface area contributed by atoms with Gasteiger partial charge in [0.1, 0.15) is 5.75 Å². The molecule has 0 bridgehead atoms. The predicted molar refractivity (Wildman–Crippen MR) is 80.0 cm³/mol. The highest BCUT2D eigenvalue weighted by atomic mass is 16.5. The summed E-state index contributed by atoms with van der Waals surface area (Å²) in [6.07, 6.45) is 1.62. The number of nitrogens with one attached hydrogen (secondary N) is 1. The lowest BCUT2D eigenvalue weighted by Gasteiger charge is -2.23. The Morgan fingerprint density at radius 1 is 1.30 bits per heavy atom. The Kier molecular flexibility index (Phi) is 6.52. The summed E-state index contributed by atoms with van der Waals surface area (Å²) in [5.41, 5.74) is 0.517. The Labute approximate surface area is 121 Å². The van der Waals surface area contributed by atoms with E-state index in [9.17, 15) is 4.79 Å². The standard InChI is InChI=1S/C16H25NO3/c1-4-11-20-14-7-5-13(6-8-14)15(19)17-12-16(2,3)9-10-18/h5-8,18H,4,9-12H2,1-3H3,(H,17,19). The number of hydrogen-bond acceptors (Lipinski definition) is 3. The van der Waals surface area contributed by atoms with Crippen molar-refractivity contribution in [3.8, 4) is 5.75 Å². The minimum Gasteiger partial charge on any atom is -0.494 e. The quantitative estimate of drug-likeness (QED) is 0.769. The van der Waals surface area contributed by atoms with Gasteiger partial charge in [-0.2, -0.15) is 0 Å². The number of rotatable bonds is 8. The van der Waals surface area contributed by atoms with Crippen molar-refractivity contribution < 1.29 is 14.6 Å². The zero-order valence-corrected chi connectivity index (χ0v) is 12.6. The molecule has 2 N–H and O–H groups in total. The van der Waals surface area contributed by atoms with E-state index in [1.807, 2.05) is 26.0 Å². The van der Waals surface area contributed by atoms with Crippen LogP contribution in [-0.2, 0) is 0 Å². The van der Waals surface area contributed by atoms with Crippen LogP contribution in [0, 0.1) is 5.41 Å². The molecule has 4 heteroatoms. The van der Waals surface area contributed by atoms with Crippen LogP contribution in [0.5, 0.6) is 5.75 Å². The van der Waals surface area contributed by atoms with Crippen molar-refractivity contribution in [2.75, 3.05) is 19.8 Å². The summed E-state index contributed by atoms with van der Waals surface area (Å²) in [6.45, 7) is 7.44. The summed E-state index contributed by atoms with van der Waals surface area (Å²) in [4.78, 5) is 12.0. The fraction of sp³-hybridized carbons (Fsp3) is 0.562. The molecular weight excluding hydrogens is 254 g/mol. The number of ether oxygens (including phenoxy) is 1. The van der Waals surface area contributed by atoms with Crippen molar-refractivity contribution in [1.82, 2.24) is 5.32 Å². The zero-order chi connectivity index (χ0) is 15.0. The van der Waals surface area contributed by atoms with E-state index in [1.165, 1.54) is 0 Å². The Morgan fingerprint density at radius 3 is 2.50 bits per heavy atom. The molecule has 1 amide bonds. The van der Waals surface area contributed by atoms with Gasteiger partial charge in [0.15, 0.2) is 0 Å². The molecule has 0 spiro atoms. The zero-order valence-electron chi connectivity index (χ0n) is 12.6. The average molecular weight is 279 g/mol. The molecule has 0 aliphatic heterocycles. The number of amides is 1. The summed E-state index contributed by atoms with van der Waals surface area (Å²) in [5.74, 6) is 0.682. The Balaban J connectivity index is 2.51. The maximum absolute atomic E-state index is 12.0. The van der Waals surface area contributed by atoms with Gasteiger partial charge in [-0.05, 0) is 42.5 Å². The number of carbonyl (C=O) groups excluding carboxylic acids is 1. The third-order valence-electron chi connectivity index (χ3n) is 3.11. The lowest BCUT2D eigenvalue weighted by atomic mass is 9.89. The van der Waals surface area contributed by atoms with Gasteiger partial charge in [0.05, 0.1) is 6.61 Å². The summed E-state index contributed by atoms with van der Waals surface area (Å²) >= 11 is 0. The van der Waals surface area contributed by atoms with Crippen LogP contribution in [-0.4, -0.2) is 30.8 Å². The van der Waals surface area contributed by atoms with Gasteiger partial charge in [0, 0.05) is 18.7 Å². The van der Waals surface area contributed by atoms with Crippen molar-refractivity contribution in [3.05, 3.63) is 29.8 Å². The molecule has 0 saturated heterocycles. The van der Waals surface area contributed by atoms with E-state index < -0.39 is 0 Å². The molecule has 0 aliphatic rings. The summed E-state index contributed by atoms with van der Waals surface area (Å²) in [7, 11) is 0. The fourth-order valence-corrected chi connectivity index (χ4v) is 1.74. The molecule has 0 aromatic heterocycles. The highest BCUT2D eigenvalue weighted by Gasteiger charge is 2.18. The van der Waals surface area contributed by atoms with Gasteiger partial charge < -0.3 is 15.2 Å². The highest BCUT2D eigenvalue weighted by Crippen LogP contribution is 2.18. The predicted octanol–water partition coefficient (Wildman–Crippen LogP) is 2.61. The molecular formula is C16H25NO3. The Morgan fingerprint density at radius 2 is 1.95 bits per heavy atom. The molecule has 20 heavy (non-hydrogen) atoms. The third-order valence-corrected chi connectivity index (χ3v) is 3.11. The maximum atomic E-state index is 12.0. The van der Waals surface area contributed by atoms with Crippen molar-refractivity contribution in [1.29, 1.82) is 0 Å². The first-order valence-corrected chi connectivity index (χ1v) is 7.10. The minimum atomic E-state index is -0.103. The highest BCUT2D eigenvalue weighted by molar-refractivity contribution is 5.94. The number of carbonyl (C=O) groups is 1. The van der Waals surface area contributed by atoms with Crippen LogP contribution in [0.2, 0.25) is 0 Å². The van der Waals surface area contributed by atoms with E-state index in [0.29, 0.717) is 25.1 Å². The summed E-state index contributed by atoms with van der Waals surface area (Å²) in [5, 5.41) is 11.9. The lowest BCUT2D eigenvalue weighted by molar-refractivity contribution is 0.0928. The number of aliphatic hydroxyl groups excluding tert-OH is 1. The van der Waals surface area contributed by atoms with Gasteiger partial charge in [0.25, 0.3) is 5.91 Å². The first kappa shape index (κ1) is 16.5.